The van der Waals surface area contributed by atoms with Gasteiger partial charge in [0.05, 0.1) is 5.69 Å². The summed E-state index contributed by atoms with van der Waals surface area (Å²) in [6.45, 7) is 5.73. The Balaban J connectivity index is 1.94. The fourth-order valence-corrected chi connectivity index (χ4v) is 2.59. The molecule has 0 unspecified atom stereocenters. The number of likely N-dealkylation sites (N-methyl/N-ethyl adjacent to an activating group) is 1. The molecule has 21 heavy (non-hydrogen) atoms. The monoisotopic (exact) mass is 284 g/mol. The minimum atomic E-state index is 0.0337. The van der Waals surface area contributed by atoms with Crippen LogP contribution in [0, 0.1) is 0 Å². The van der Waals surface area contributed by atoms with E-state index in [0.29, 0.717) is 0 Å². The van der Waals surface area contributed by atoms with Gasteiger partial charge in [-0.2, -0.15) is 0 Å². The molecule has 3 heterocycles. The number of piperazine rings is 1. The molecule has 0 aliphatic carbocycles. The van der Waals surface area contributed by atoms with Crippen molar-refractivity contribution in [1.82, 2.24) is 14.3 Å². The smallest absolute Gasteiger partial charge is 0.152 e. The predicted octanol–water partition coefficient (Wildman–Crippen LogP) is 1.69. The number of allylic oxidation sites excluding steroid dienone is 1. The third-order valence-electron chi connectivity index (χ3n) is 3.81. The third-order valence-corrected chi connectivity index (χ3v) is 3.81. The molecular formula is C16H20N4O. The molecule has 0 N–H and O–H groups in total. The van der Waals surface area contributed by atoms with Crippen LogP contribution in [0.15, 0.2) is 30.5 Å². The molecule has 0 bridgehead atoms. The average molecular weight is 284 g/mol. The lowest BCUT2D eigenvalue weighted by atomic mass is 10.3. The number of carbonyl (C=O) groups is 1. The van der Waals surface area contributed by atoms with E-state index >= 15 is 0 Å². The van der Waals surface area contributed by atoms with E-state index in [1.54, 1.807) is 19.1 Å². The molecule has 0 amide bonds. The lowest BCUT2D eigenvalue weighted by Crippen LogP contribution is -2.45. The first-order valence-corrected chi connectivity index (χ1v) is 7.24. The van der Waals surface area contributed by atoms with E-state index in [9.17, 15) is 4.79 Å². The fraction of sp³-hybridized carbons (Fsp3) is 0.375. The number of rotatable bonds is 3. The van der Waals surface area contributed by atoms with Gasteiger partial charge in [0.2, 0.25) is 0 Å². The van der Waals surface area contributed by atoms with E-state index in [1.165, 1.54) is 0 Å². The standard InChI is InChI=1S/C16H20N4O/c1-13(21)6-7-14-12-20-15(17-14)4-3-5-16(20)19-10-8-18(2)9-11-19/h3-7,12H,8-11H2,1-2H3/b7-6+. The van der Waals surface area contributed by atoms with Crippen molar-refractivity contribution in [3.8, 4) is 0 Å². The lowest BCUT2D eigenvalue weighted by molar-refractivity contribution is -0.112. The summed E-state index contributed by atoms with van der Waals surface area (Å²) in [5.41, 5.74) is 1.72. The van der Waals surface area contributed by atoms with Gasteiger partial charge >= 0.3 is 0 Å². The van der Waals surface area contributed by atoms with Crippen molar-refractivity contribution in [2.24, 2.45) is 0 Å². The van der Waals surface area contributed by atoms with Crippen LogP contribution in [0.5, 0.6) is 0 Å². The van der Waals surface area contributed by atoms with Gasteiger partial charge in [0.1, 0.15) is 11.5 Å². The van der Waals surface area contributed by atoms with Crippen molar-refractivity contribution in [2.75, 3.05) is 38.1 Å². The zero-order valence-electron chi connectivity index (χ0n) is 12.5. The number of fused-ring (bicyclic) bond motifs is 1. The van der Waals surface area contributed by atoms with Crippen LogP contribution in [0.25, 0.3) is 11.7 Å². The maximum atomic E-state index is 11.0. The van der Waals surface area contributed by atoms with Crippen LogP contribution in [0.3, 0.4) is 0 Å². The Bertz CT molecular complexity index is 681. The molecule has 0 spiro atoms. The number of hydrogen-bond donors (Lipinski definition) is 0. The summed E-state index contributed by atoms with van der Waals surface area (Å²) >= 11 is 0. The molecule has 0 atom stereocenters. The Hall–Kier alpha value is -2.14. The van der Waals surface area contributed by atoms with E-state index in [1.807, 2.05) is 18.3 Å². The number of nitrogens with zero attached hydrogens (tertiary/aromatic N) is 4. The van der Waals surface area contributed by atoms with Crippen LogP contribution in [-0.2, 0) is 4.79 Å². The highest BCUT2D eigenvalue weighted by Crippen LogP contribution is 2.19. The maximum absolute atomic E-state index is 11.0. The molecule has 5 heteroatoms. The molecule has 110 valence electrons. The van der Waals surface area contributed by atoms with Gasteiger partial charge in [-0.05, 0) is 38.3 Å². The summed E-state index contributed by atoms with van der Waals surface area (Å²) in [5, 5.41) is 0. The molecule has 5 nitrogen and oxygen atoms in total. The first-order valence-electron chi connectivity index (χ1n) is 7.24. The van der Waals surface area contributed by atoms with Gasteiger partial charge in [-0.25, -0.2) is 4.98 Å². The van der Waals surface area contributed by atoms with Crippen LogP contribution < -0.4 is 4.90 Å². The molecule has 0 saturated carbocycles. The molecule has 1 aliphatic heterocycles. The Labute approximate surface area is 124 Å². The molecule has 1 aliphatic rings. The van der Waals surface area contributed by atoms with Gasteiger partial charge < -0.3 is 9.80 Å². The van der Waals surface area contributed by atoms with Crippen LogP contribution in [0.4, 0.5) is 5.82 Å². The number of anilines is 1. The van der Waals surface area contributed by atoms with Gasteiger partial charge in [-0.3, -0.25) is 9.20 Å². The van der Waals surface area contributed by atoms with Gasteiger partial charge in [0.25, 0.3) is 0 Å². The molecule has 0 radical (unpaired) electrons. The van der Waals surface area contributed by atoms with Crippen molar-refractivity contribution < 1.29 is 4.79 Å². The molecule has 1 saturated heterocycles. The van der Waals surface area contributed by atoms with Crippen molar-refractivity contribution in [2.45, 2.75) is 6.92 Å². The molecule has 2 aromatic rings. The predicted molar refractivity (Wildman–Crippen MR) is 84.6 cm³/mol. The van der Waals surface area contributed by atoms with Crippen molar-refractivity contribution in [3.05, 3.63) is 36.2 Å². The second-order valence-electron chi connectivity index (χ2n) is 5.51. The van der Waals surface area contributed by atoms with Gasteiger partial charge in [0, 0.05) is 32.4 Å². The van der Waals surface area contributed by atoms with Crippen LogP contribution in [0.1, 0.15) is 12.6 Å². The minimum absolute atomic E-state index is 0.0337. The molecule has 2 aromatic heterocycles. The zero-order chi connectivity index (χ0) is 14.8. The second kappa shape index (κ2) is 5.69. The molecule has 1 fully saturated rings. The van der Waals surface area contributed by atoms with E-state index in [2.05, 4.69) is 32.3 Å². The topological polar surface area (TPSA) is 40.9 Å². The van der Waals surface area contributed by atoms with Crippen LogP contribution >= 0.6 is 0 Å². The van der Waals surface area contributed by atoms with Crippen LogP contribution in [-0.4, -0.2) is 53.3 Å². The number of carbonyl (C=O) groups excluding carboxylic acids is 1. The van der Waals surface area contributed by atoms with Crippen molar-refractivity contribution in [3.63, 3.8) is 0 Å². The first kappa shape index (κ1) is 13.8. The number of ketones is 1. The van der Waals surface area contributed by atoms with Gasteiger partial charge in [-0.1, -0.05) is 6.07 Å². The summed E-state index contributed by atoms with van der Waals surface area (Å²) in [6.07, 6.45) is 5.31. The second-order valence-corrected chi connectivity index (χ2v) is 5.51. The Morgan fingerprint density at radius 2 is 2.00 bits per heavy atom. The molecular weight excluding hydrogens is 264 g/mol. The maximum Gasteiger partial charge on any atom is 0.152 e. The van der Waals surface area contributed by atoms with E-state index in [0.717, 1.165) is 43.3 Å². The fourth-order valence-electron chi connectivity index (χ4n) is 2.59. The third kappa shape index (κ3) is 2.97. The van der Waals surface area contributed by atoms with Gasteiger partial charge in [0.15, 0.2) is 5.78 Å². The van der Waals surface area contributed by atoms with Gasteiger partial charge in [-0.15, -0.1) is 0 Å². The SMILES string of the molecule is CC(=O)/C=C/c1cn2c(N3CCN(C)CC3)cccc2n1. The molecule has 3 rings (SSSR count). The van der Waals surface area contributed by atoms with E-state index in [-0.39, 0.29) is 5.78 Å². The Kier molecular flexibility index (Phi) is 3.75. The quantitative estimate of drug-likeness (QED) is 0.804. The van der Waals surface area contributed by atoms with Crippen molar-refractivity contribution in [1.29, 1.82) is 0 Å². The number of hydrogen-bond acceptors (Lipinski definition) is 4. The minimum Gasteiger partial charge on any atom is -0.355 e. The summed E-state index contributed by atoms with van der Waals surface area (Å²) in [7, 11) is 2.15. The summed E-state index contributed by atoms with van der Waals surface area (Å²) in [6, 6.07) is 6.15. The van der Waals surface area contributed by atoms with Crippen molar-refractivity contribution >= 4 is 23.3 Å². The lowest BCUT2D eigenvalue weighted by Gasteiger charge is -2.34. The largest absolute Gasteiger partial charge is 0.355 e. The highest BCUT2D eigenvalue weighted by atomic mass is 16.1. The van der Waals surface area contributed by atoms with E-state index in [4.69, 9.17) is 0 Å². The van der Waals surface area contributed by atoms with Crippen LogP contribution in [0.2, 0.25) is 0 Å². The molecule has 0 aromatic carbocycles. The number of aromatic nitrogens is 2. The summed E-state index contributed by atoms with van der Waals surface area (Å²) in [5.74, 6) is 1.20. The Morgan fingerprint density at radius 3 is 2.71 bits per heavy atom. The summed E-state index contributed by atoms with van der Waals surface area (Å²) < 4.78 is 2.10. The highest BCUT2D eigenvalue weighted by Gasteiger charge is 2.16. The first-order chi connectivity index (χ1) is 10.1. The highest BCUT2D eigenvalue weighted by molar-refractivity contribution is 5.91. The summed E-state index contributed by atoms with van der Waals surface area (Å²) in [4.78, 5) is 20.3. The zero-order valence-corrected chi connectivity index (χ0v) is 12.5. The Morgan fingerprint density at radius 1 is 1.24 bits per heavy atom. The number of imidazole rings is 1. The number of pyridine rings is 1. The normalized spacial score (nSPS) is 17.0. The average Bonchev–Trinajstić information content (AvgIpc) is 2.89. The van der Waals surface area contributed by atoms with E-state index < -0.39 is 0 Å².